The van der Waals surface area contributed by atoms with Crippen LogP contribution in [0, 0.1) is 24.4 Å². The van der Waals surface area contributed by atoms with Crippen LogP contribution in [0.2, 0.25) is 5.02 Å². The Morgan fingerprint density at radius 3 is 2.29 bits per heavy atom. The minimum absolute atomic E-state index is 0.000688. The number of benzene rings is 3. The molecule has 10 heteroatoms. The van der Waals surface area contributed by atoms with E-state index in [1.165, 1.54) is 18.2 Å². The van der Waals surface area contributed by atoms with Crippen LogP contribution in [0.15, 0.2) is 59.5 Å². The number of halogens is 4. The molecule has 0 aromatic heterocycles. The van der Waals surface area contributed by atoms with Gasteiger partial charge in [0.1, 0.15) is 0 Å². The summed E-state index contributed by atoms with van der Waals surface area (Å²) in [5.41, 5.74) is 0.542. The summed E-state index contributed by atoms with van der Waals surface area (Å²) in [4.78, 5) is 12.1. The second-order valence-electron chi connectivity index (χ2n) is 6.67. The van der Waals surface area contributed by atoms with Gasteiger partial charge in [0.05, 0.1) is 16.3 Å². The average Bonchev–Trinajstić information content (AvgIpc) is 2.71. The van der Waals surface area contributed by atoms with Crippen molar-refractivity contribution in [3.63, 3.8) is 0 Å². The number of aryl methyl sites for hydroxylation is 1. The smallest absolute Gasteiger partial charge is 0.308 e. The van der Waals surface area contributed by atoms with Crippen molar-refractivity contribution in [1.82, 2.24) is 0 Å². The van der Waals surface area contributed by atoms with Crippen LogP contribution in [0.25, 0.3) is 0 Å². The molecule has 162 valence electrons. The first-order valence-electron chi connectivity index (χ1n) is 8.86. The third-order valence-corrected chi connectivity index (χ3v) is 6.41. The van der Waals surface area contributed by atoms with Crippen LogP contribution in [0.5, 0.6) is 0 Å². The van der Waals surface area contributed by atoms with Crippen LogP contribution in [0.1, 0.15) is 11.1 Å². The molecular formula is C21H16ClF3N2O3S. The van der Waals surface area contributed by atoms with E-state index in [2.05, 4.69) is 10.6 Å². The molecule has 2 N–H and O–H groups in total. The summed E-state index contributed by atoms with van der Waals surface area (Å²) < 4.78 is 65.8. The topological polar surface area (TPSA) is 75.3 Å². The Morgan fingerprint density at radius 1 is 0.935 bits per heavy atom. The highest BCUT2D eigenvalue weighted by Crippen LogP contribution is 2.25. The molecule has 3 aromatic rings. The molecule has 0 saturated heterocycles. The maximum Gasteiger partial charge on any atom is 0.323 e. The van der Waals surface area contributed by atoms with Crippen molar-refractivity contribution in [3.05, 3.63) is 88.2 Å². The highest BCUT2D eigenvalue weighted by atomic mass is 35.5. The molecule has 0 atom stereocenters. The third kappa shape index (κ3) is 5.36. The Kier molecular flexibility index (Phi) is 6.56. The molecule has 0 saturated carbocycles. The van der Waals surface area contributed by atoms with E-state index < -0.39 is 39.0 Å². The number of nitrogens with one attached hydrogen (secondary N) is 2. The van der Waals surface area contributed by atoms with Crippen LogP contribution >= 0.6 is 11.6 Å². The van der Waals surface area contributed by atoms with Crippen molar-refractivity contribution < 1.29 is 26.4 Å². The molecule has 3 rings (SSSR count). The van der Waals surface area contributed by atoms with Crippen LogP contribution in [-0.2, 0) is 15.6 Å². The molecule has 0 unspecified atom stereocenters. The second-order valence-corrected chi connectivity index (χ2v) is 9.06. The summed E-state index contributed by atoms with van der Waals surface area (Å²) in [7, 11) is -3.76. The number of amides is 2. The average molecular weight is 469 g/mol. The fraction of sp³-hybridized carbons (Fsp3) is 0.0952. The van der Waals surface area contributed by atoms with E-state index in [9.17, 15) is 26.4 Å². The summed E-state index contributed by atoms with van der Waals surface area (Å²) in [6, 6.07) is 11.2. The van der Waals surface area contributed by atoms with E-state index in [1.807, 2.05) is 0 Å². The molecule has 3 aromatic carbocycles. The number of carbonyl (C=O) groups excluding carboxylic acids is 1. The molecule has 31 heavy (non-hydrogen) atoms. The standard InChI is InChI=1S/C21H16ClF3N2O3S/c1-12-2-7-15(26-21(28)27-17-9-8-16(23)19(24)20(17)25)10-18(12)31(29,30)11-13-3-5-14(22)6-4-13/h2-10H,11H2,1H3,(H2,26,27,28). The summed E-state index contributed by atoms with van der Waals surface area (Å²) in [5.74, 6) is -4.94. The second kappa shape index (κ2) is 8.99. The summed E-state index contributed by atoms with van der Waals surface area (Å²) in [6.07, 6.45) is 0. The predicted octanol–water partition coefficient (Wildman–Crippen LogP) is 5.68. The Labute approximate surface area is 181 Å². The van der Waals surface area contributed by atoms with Crippen molar-refractivity contribution >= 4 is 38.8 Å². The molecule has 0 aliphatic heterocycles. The molecular weight excluding hydrogens is 453 g/mol. The van der Waals surface area contributed by atoms with Gasteiger partial charge in [0.15, 0.2) is 27.3 Å². The van der Waals surface area contributed by atoms with Gasteiger partial charge in [0.2, 0.25) is 0 Å². The van der Waals surface area contributed by atoms with E-state index in [-0.39, 0.29) is 16.3 Å². The van der Waals surface area contributed by atoms with Crippen LogP contribution < -0.4 is 10.6 Å². The van der Waals surface area contributed by atoms with Crippen molar-refractivity contribution in [2.24, 2.45) is 0 Å². The normalized spacial score (nSPS) is 11.3. The molecule has 0 spiro atoms. The lowest BCUT2D eigenvalue weighted by Gasteiger charge is -2.12. The number of sulfone groups is 1. The van der Waals surface area contributed by atoms with Gasteiger partial charge in [0, 0.05) is 10.7 Å². The van der Waals surface area contributed by atoms with Crippen molar-refractivity contribution in [1.29, 1.82) is 0 Å². The number of rotatable bonds is 5. The quantitative estimate of drug-likeness (QED) is 0.473. The zero-order valence-electron chi connectivity index (χ0n) is 16.0. The highest BCUT2D eigenvalue weighted by molar-refractivity contribution is 7.90. The number of urea groups is 1. The minimum Gasteiger partial charge on any atom is -0.308 e. The number of hydrogen-bond donors (Lipinski definition) is 2. The first-order chi connectivity index (χ1) is 14.6. The van der Waals surface area contributed by atoms with Crippen molar-refractivity contribution in [3.8, 4) is 0 Å². The van der Waals surface area contributed by atoms with Gasteiger partial charge in [0.25, 0.3) is 0 Å². The van der Waals surface area contributed by atoms with Gasteiger partial charge >= 0.3 is 6.03 Å². The molecule has 0 aliphatic carbocycles. The van der Waals surface area contributed by atoms with Gasteiger partial charge < -0.3 is 10.6 Å². The molecule has 0 radical (unpaired) electrons. The first-order valence-corrected chi connectivity index (χ1v) is 10.9. The monoisotopic (exact) mass is 468 g/mol. The fourth-order valence-electron chi connectivity index (χ4n) is 2.80. The third-order valence-electron chi connectivity index (χ3n) is 4.33. The van der Waals surface area contributed by atoms with Crippen LogP contribution in [-0.4, -0.2) is 14.4 Å². The molecule has 0 bridgehead atoms. The lowest BCUT2D eigenvalue weighted by molar-refractivity contribution is 0.262. The first kappa shape index (κ1) is 22.6. The Bertz CT molecular complexity index is 1250. The maximum absolute atomic E-state index is 13.7. The zero-order chi connectivity index (χ0) is 22.8. The maximum atomic E-state index is 13.7. The van der Waals surface area contributed by atoms with E-state index in [1.54, 1.807) is 31.2 Å². The number of hydrogen-bond acceptors (Lipinski definition) is 3. The zero-order valence-corrected chi connectivity index (χ0v) is 17.6. The molecule has 0 heterocycles. The van der Waals surface area contributed by atoms with E-state index in [0.717, 1.165) is 6.07 Å². The van der Waals surface area contributed by atoms with Crippen molar-refractivity contribution in [2.45, 2.75) is 17.6 Å². The van der Waals surface area contributed by atoms with Gasteiger partial charge in [-0.25, -0.2) is 26.4 Å². The number of carbonyl (C=O) groups is 1. The van der Waals surface area contributed by atoms with Crippen LogP contribution in [0.3, 0.4) is 0 Å². The van der Waals surface area contributed by atoms with Gasteiger partial charge in [-0.2, -0.15) is 0 Å². The van der Waals surface area contributed by atoms with Crippen LogP contribution in [0.4, 0.5) is 29.3 Å². The van der Waals surface area contributed by atoms with E-state index >= 15 is 0 Å². The fourth-order valence-corrected chi connectivity index (χ4v) is 4.58. The summed E-state index contributed by atoms with van der Waals surface area (Å²) >= 11 is 5.82. The van der Waals surface area contributed by atoms with Gasteiger partial charge in [-0.3, -0.25) is 0 Å². The van der Waals surface area contributed by atoms with E-state index in [0.29, 0.717) is 22.2 Å². The van der Waals surface area contributed by atoms with E-state index in [4.69, 9.17) is 11.6 Å². The molecule has 5 nitrogen and oxygen atoms in total. The molecule has 2 amide bonds. The summed E-state index contributed by atoms with van der Waals surface area (Å²) in [5, 5.41) is 4.88. The molecule has 0 fully saturated rings. The SMILES string of the molecule is Cc1ccc(NC(=O)Nc2ccc(F)c(F)c2F)cc1S(=O)(=O)Cc1ccc(Cl)cc1. The molecule has 0 aliphatic rings. The summed E-state index contributed by atoms with van der Waals surface area (Å²) in [6.45, 7) is 1.61. The lowest BCUT2D eigenvalue weighted by atomic mass is 10.2. The van der Waals surface area contributed by atoms with Gasteiger partial charge in [-0.05, 0) is 54.4 Å². The van der Waals surface area contributed by atoms with Gasteiger partial charge in [-0.15, -0.1) is 0 Å². The minimum atomic E-state index is -3.76. The predicted molar refractivity (Wildman–Crippen MR) is 112 cm³/mol. The Hall–Kier alpha value is -3.04. The Balaban J connectivity index is 1.79. The van der Waals surface area contributed by atoms with Crippen molar-refractivity contribution in [2.75, 3.05) is 10.6 Å². The highest BCUT2D eigenvalue weighted by Gasteiger charge is 2.20. The largest absolute Gasteiger partial charge is 0.323 e. The number of anilines is 2. The van der Waals surface area contributed by atoms with Gasteiger partial charge in [-0.1, -0.05) is 29.8 Å². The lowest BCUT2D eigenvalue weighted by Crippen LogP contribution is -2.21. The Morgan fingerprint density at radius 2 is 1.61 bits per heavy atom.